The molecule has 0 fully saturated rings. The molecule has 21 heavy (non-hydrogen) atoms. The van der Waals surface area contributed by atoms with Gasteiger partial charge in [0.15, 0.2) is 11.3 Å². The van der Waals surface area contributed by atoms with E-state index in [0.29, 0.717) is 22.4 Å². The molecule has 0 amide bonds. The molecular formula is C15H16O6. The van der Waals surface area contributed by atoms with Crippen LogP contribution < -0.4 is 15.1 Å². The third-order valence-corrected chi connectivity index (χ3v) is 3.31. The van der Waals surface area contributed by atoms with Gasteiger partial charge in [0, 0.05) is 11.5 Å². The number of carbonyl (C=O) groups is 1. The normalized spacial score (nSPS) is 12.0. The molecule has 2 aromatic rings. The fourth-order valence-electron chi connectivity index (χ4n) is 2.22. The van der Waals surface area contributed by atoms with Crippen LogP contribution in [0.25, 0.3) is 11.0 Å². The van der Waals surface area contributed by atoms with Gasteiger partial charge >= 0.3 is 11.6 Å². The van der Waals surface area contributed by atoms with Gasteiger partial charge in [-0.25, -0.2) is 4.79 Å². The fraction of sp³-hybridized carbons (Fsp3) is 0.333. The summed E-state index contributed by atoms with van der Waals surface area (Å²) in [7, 11) is 4.24. The lowest BCUT2D eigenvalue weighted by Gasteiger charge is -2.14. The molecule has 112 valence electrons. The second-order valence-corrected chi connectivity index (χ2v) is 4.44. The van der Waals surface area contributed by atoms with Crippen LogP contribution in [0.4, 0.5) is 0 Å². The maximum absolute atomic E-state index is 11.8. The molecule has 0 aliphatic rings. The minimum atomic E-state index is -0.597. The van der Waals surface area contributed by atoms with Gasteiger partial charge in [0.25, 0.3) is 0 Å². The molecule has 1 aromatic carbocycles. The molecule has 1 aromatic heterocycles. The van der Waals surface area contributed by atoms with Gasteiger partial charge in [-0.2, -0.15) is 0 Å². The van der Waals surface area contributed by atoms with Crippen molar-refractivity contribution in [1.29, 1.82) is 0 Å². The van der Waals surface area contributed by atoms with E-state index in [9.17, 15) is 9.59 Å². The third-order valence-electron chi connectivity index (χ3n) is 3.31. The SMILES string of the molecule is COC(=O)[C@H](C)c1cc(=O)oc2c(OC)c(OC)ccc12. The van der Waals surface area contributed by atoms with Gasteiger partial charge in [-0.05, 0) is 24.6 Å². The van der Waals surface area contributed by atoms with Gasteiger partial charge in [0.1, 0.15) is 0 Å². The molecule has 0 saturated heterocycles. The van der Waals surface area contributed by atoms with E-state index >= 15 is 0 Å². The minimum Gasteiger partial charge on any atom is -0.493 e. The van der Waals surface area contributed by atoms with Crippen LogP contribution >= 0.6 is 0 Å². The van der Waals surface area contributed by atoms with Crippen molar-refractivity contribution in [3.8, 4) is 11.5 Å². The Bertz CT molecular complexity index is 731. The second-order valence-electron chi connectivity index (χ2n) is 4.44. The van der Waals surface area contributed by atoms with Gasteiger partial charge in [0.2, 0.25) is 5.75 Å². The number of rotatable bonds is 4. The summed E-state index contributed by atoms with van der Waals surface area (Å²) in [6.07, 6.45) is 0. The number of ether oxygens (including phenoxy) is 3. The molecule has 2 rings (SSSR count). The van der Waals surface area contributed by atoms with Crippen molar-refractivity contribution in [2.75, 3.05) is 21.3 Å². The van der Waals surface area contributed by atoms with Crippen LogP contribution in [0.1, 0.15) is 18.4 Å². The van der Waals surface area contributed by atoms with Crippen LogP contribution in [0.15, 0.2) is 27.4 Å². The molecule has 0 aliphatic carbocycles. The van der Waals surface area contributed by atoms with Crippen LogP contribution in [-0.4, -0.2) is 27.3 Å². The van der Waals surface area contributed by atoms with Gasteiger partial charge in [-0.15, -0.1) is 0 Å². The average molecular weight is 292 g/mol. The van der Waals surface area contributed by atoms with E-state index in [0.717, 1.165) is 0 Å². The number of hydrogen-bond donors (Lipinski definition) is 0. The predicted octanol–water partition coefficient (Wildman–Crippen LogP) is 2.09. The molecule has 0 saturated carbocycles. The Morgan fingerprint density at radius 2 is 1.90 bits per heavy atom. The first-order valence-corrected chi connectivity index (χ1v) is 6.30. The highest BCUT2D eigenvalue weighted by Gasteiger charge is 2.22. The monoisotopic (exact) mass is 292 g/mol. The minimum absolute atomic E-state index is 0.245. The summed E-state index contributed by atoms with van der Waals surface area (Å²) < 4.78 is 20.4. The number of esters is 1. The van der Waals surface area contributed by atoms with Crippen LogP contribution in [0.5, 0.6) is 11.5 Å². The highest BCUT2D eigenvalue weighted by atomic mass is 16.5. The van der Waals surface area contributed by atoms with Crippen molar-refractivity contribution in [2.24, 2.45) is 0 Å². The van der Waals surface area contributed by atoms with Crippen LogP contribution in [-0.2, 0) is 9.53 Å². The highest BCUT2D eigenvalue weighted by Crippen LogP contribution is 2.37. The zero-order valence-corrected chi connectivity index (χ0v) is 12.3. The molecule has 1 atom stereocenters. The smallest absolute Gasteiger partial charge is 0.336 e. The summed E-state index contributed by atoms with van der Waals surface area (Å²) in [5.74, 6) is -0.279. The molecular weight excluding hydrogens is 276 g/mol. The molecule has 1 heterocycles. The Morgan fingerprint density at radius 1 is 1.19 bits per heavy atom. The molecule has 0 radical (unpaired) electrons. The Morgan fingerprint density at radius 3 is 2.48 bits per heavy atom. The Balaban J connectivity index is 2.79. The van der Waals surface area contributed by atoms with Crippen molar-refractivity contribution in [3.05, 3.63) is 34.2 Å². The molecule has 6 heteroatoms. The van der Waals surface area contributed by atoms with Crippen molar-refractivity contribution in [1.82, 2.24) is 0 Å². The number of methoxy groups -OCH3 is 3. The van der Waals surface area contributed by atoms with E-state index in [1.54, 1.807) is 19.1 Å². The summed E-state index contributed by atoms with van der Waals surface area (Å²) in [6, 6.07) is 4.69. The van der Waals surface area contributed by atoms with Crippen molar-refractivity contribution < 1.29 is 23.4 Å². The van der Waals surface area contributed by atoms with Crippen molar-refractivity contribution in [3.63, 3.8) is 0 Å². The Hall–Kier alpha value is -2.50. The average Bonchev–Trinajstić information content (AvgIpc) is 2.51. The molecule has 0 unspecified atom stereocenters. The van der Waals surface area contributed by atoms with E-state index in [-0.39, 0.29) is 5.58 Å². The zero-order chi connectivity index (χ0) is 15.6. The standard InChI is InChI=1S/C15H16O6/c1-8(15(17)20-4)10-7-12(16)21-13-9(10)5-6-11(18-2)14(13)19-3/h5-8H,1-4H3/t8-/m1/s1. The van der Waals surface area contributed by atoms with E-state index in [4.69, 9.17) is 18.6 Å². The summed E-state index contributed by atoms with van der Waals surface area (Å²) >= 11 is 0. The van der Waals surface area contributed by atoms with Gasteiger partial charge in [-0.1, -0.05) is 0 Å². The highest BCUT2D eigenvalue weighted by molar-refractivity contribution is 5.92. The molecule has 0 spiro atoms. The van der Waals surface area contributed by atoms with E-state index in [1.807, 2.05) is 0 Å². The van der Waals surface area contributed by atoms with Crippen LogP contribution in [0, 0.1) is 0 Å². The van der Waals surface area contributed by atoms with Gasteiger partial charge < -0.3 is 18.6 Å². The first kappa shape index (κ1) is 14.9. The second kappa shape index (κ2) is 5.87. The van der Waals surface area contributed by atoms with E-state index < -0.39 is 17.5 Å². The number of fused-ring (bicyclic) bond motifs is 1. The quantitative estimate of drug-likeness (QED) is 0.634. The number of hydrogen-bond acceptors (Lipinski definition) is 6. The fourth-order valence-corrected chi connectivity index (χ4v) is 2.22. The topological polar surface area (TPSA) is 75.0 Å². The first-order valence-electron chi connectivity index (χ1n) is 6.30. The van der Waals surface area contributed by atoms with Crippen molar-refractivity contribution >= 4 is 16.9 Å². The maximum atomic E-state index is 11.8. The molecule has 6 nitrogen and oxygen atoms in total. The van der Waals surface area contributed by atoms with E-state index in [2.05, 4.69) is 0 Å². The number of carbonyl (C=O) groups excluding carboxylic acids is 1. The molecule has 0 N–H and O–H groups in total. The third kappa shape index (κ3) is 2.56. The van der Waals surface area contributed by atoms with Crippen LogP contribution in [0.3, 0.4) is 0 Å². The lowest BCUT2D eigenvalue weighted by Crippen LogP contribution is -2.14. The molecule has 0 bridgehead atoms. The predicted molar refractivity (Wildman–Crippen MR) is 76.0 cm³/mol. The summed E-state index contributed by atoms with van der Waals surface area (Å²) in [5.41, 5.74) is 0.198. The summed E-state index contributed by atoms with van der Waals surface area (Å²) in [6.45, 7) is 1.66. The zero-order valence-electron chi connectivity index (χ0n) is 12.3. The number of benzene rings is 1. The van der Waals surface area contributed by atoms with Crippen LogP contribution in [0.2, 0.25) is 0 Å². The maximum Gasteiger partial charge on any atom is 0.336 e. The Kier molecular flexibility index (Phi) is 4.16. The summed E-state index contributed by atoms with van der Waals surface area (Å²) in [5, 5.41) is 0.602. The lowest BCUT2D eigenvalue weighted by molar-refractivity contribution is -0.141. The first-order chi connectivity index (χ1) is 10.0. The van der Waals surface area contributed by atoms with Gasteiger partial charge in [0.05, 0.1) is 27.2 Å². The van der Waals surface area contributed by atoms with Crippen molar-refractivity contribution in [2.45, 2.75) is 12.8 Å². The van der Waals surface area contributed by atoms with Gasteiger partial charge in [-0.3, -0.25) is 4.79 Å². The largest absolute Gasteiger partial charge is 0.493 e. The molecule has 0 aliphatic heterocycles. The summed E-state index contributed by atoms with van der Waals surface area (Å²) in [4.78, 5) is 23.5. The van der Waals surface area contributed by atoms with E-state index in [1.165, 1.54) is 27.4 Å². The Labute approximate surface area is 121 Å². The lowest BCUT2D eigenvalue weighted by atomic mass is 9.97.